The fourth-order valence-corrected chi connectivity index (χ4v) is 10.6. The quantitative estimate of drug-likeness (QED) is 0.0381. The van der Waals surface area contributed by atoms with Gasteiger partial charge in [0.2, 0.25) is 11.5 Å². The van der Waals surface area contributed by atoms with Crippen molar-refractivity contribution in [1.29, 1.82) is 0 Å². The van der Waals surface area contributed by atoms with E-state index in [1.165, 1.54) is 215 Å². The first kappa shape index (κ1) is 52.0. The lowest BCUT2D eigenvalue weighted by molar-refractivity contribution is -0.472. The van der Waals surface area contributed by atoms with Crippen LogP contribution in [-0.4, -0.2) is 27.2 Å². The topological polar surface area (TPSA) is 48.1 Å². The van der Waals surface area contributed by atoms with E-state index in [0.717, 1.165) is 61.3 Å². The zero-order valence-electron chi connectivity index (χ0n) is 41.2. The molecule has 0 aromatic carbocycles. The number of hydrogen-bond acceptors (Lipinski definition) is 2. The van der Waals surface area contributed by atoms with Gasteiger partial charge in [0.1, 0.15) is 6.54 Å². The van der Waals surface area contributed by atoms with Crippen LogP contribution in [0.1, 0.15) is 276 Å². The smallest absolute Gasteiger partial charge is 0.219 e. The van der Waals surface area contributed by atoms with Crippen molar-refractivity contribution in [2.75, 3.05) is 6.54 Å². The summed E-state index contributed by atoms with van der Waals surface area (Å²) in [5, 5.41) is 14.3. The molecule has 0 atom stereocenters. The van der Waals surface area contributed by atoms with E-state index in [1.54, 1.807) is 0 Å². The van der Waals surface area contributed by atoms with Crippen LogP contribution in [-0.2, 0) is 17.8 Å². The Kier molecular flexibility index (Phi) is 26.6. The summed E-state index contributed by atoms with van der Waals surface area (Å²) in [7, 11) is 0. The number of aromatic nitrogens is 1. The van der Waals surface area contributed by atoms with Gasteiger partial charge in [0.25, 0.3) is 0 Å². The molecule has 4 heteroatoms. The number of carbonyl (C=O) groups is 1. The highest BCUT2D eigenvalue weighted by Crippen LogP contribution is 2.43. The third kappa shape index (κ3) is 16.1. The molecule has 0 spiro atoms. The standard InChI is InChI=1S/C56H96N2O2/c1-9-13-15-17-19-21-23-25-27-29-31-33-35-37-39-41-43-57-47(7)49(11-3)45(5)53(57)51-55(59)52(56(51)60)54-46(6)50(12-4)48(8)58(54)44-42-40-38-36-34-32-30-28-26-24-22-20-18-16-14-10-2/h9-44H2,1-8H3. The van der Waals surface area contributed by atoms with E-state index >= 15 is 0 Å². The van der Waals surface area contributed by atoms with Crippen molar-refractivity contribution in [3.05, 3.63) is 50.7 Å². The molecule has 0 N–H and O–H groups in total. The maximum absolute atomic E-state index is 14.3. The Morgan fingerprint density at radius 2 is 0.867 bits per heavy atom. The predicted molar refractivity (Wildman–Crippen MR) is 260 cm³/mol. The van der Waals surface area contributed by atoms with Crippen molar-refractivity contribution in [3.8, 4) is 0 Å². The number of rotatable bonds is 37. The number of carbonyl (C=O) groups excluding carboxylic acids is 1. The summed E-state index contributed by atoms with van der Waals surface area (Å²) < 4.78 is 4.68. The summed E-state index contributed by atoms with van der Waals surface area (Å²) >= 11 is 0. The Bertz CT molecular complexity index is 1530. The normalized spacial score (nSPS) is 15.8. The highest BCUT2D eigenvalue weighted by atomic mass is 16.3. The third-order valence-corrected chi connectivity index (χ3v) is 14.4. The van der Waals surface area contributed by atoms with Gasteiger partial charge in [-0.15, -0.1) is 0 Å². The first-order chi connectivity index (χ1) is 29.3. The number of Topliss-reactive ketones (excluding diaryl/α,β-unsaturated/α-hetero) is 1. The van der Waals surface area contributed by atoms with Crippen LogP contribution in [0.15, 0.2) is 28.2 Å². The lowest BCUT2D eigenvalue weighted by Gasteiger charge is -2.32. The fourth-order valence-electron chi connectivity index (χ4n) is 10.6. The second kappa shape index (κ2) is 30.6. The Morgan fingerprint density at radius 1 is 0.483 bits per heavy atom. The summed E-state index contributed by atoms with van der Waals surface area (Å²) in [6, 6.07) is 0. The first-order valence-electron chi connectivity index (χ1n) is 26.5. The van der Waals surface area contributed by atoms with Gasteiger partial charge in [-0.25, -0.2) is 0 Å². The number of unbranched alkanes of at least 4 members (excludes halogenated alkanes) is 30. The largest absolute Gasteiger partial charge is 0.871 e. The lowest BCUT2D eigenvalue weighted by atomic mass is 9.81. The van der Waals surface area contributed by atoms with Gasteiger partial charge in [0, 0.05) is 42.3 Å². The van der Waals surface area contributed by atoms with Crippen molar-refractivity contribution in [1.82, 2.24) is 4.57 Å². The molecule has 1 aromatic heterocycles. The number of allylic oxidation sites excluding steroid dienone is 4. The van der Waals surface area contributed by atoms with E-state index in [1.807, 2.05) is 0 Å². The van der Waals surface area contributed by atoms with Crippen LogP contribution in [0.3, 0.4) is 0 Å². The molecule has 0 amide bonds. The molecule has 2 aliphatic rings. The summed E-state index contributed by atoms with van der Waals surface area (Å²) in [6.45, 7) is 19.4. The van der Waals surface area contributed by atoms with Crippen molar-refractivity contribution >= 4 is 17.1 Å². The van der Waals surface area contributed by atoms with E-state index in [2.05, 4.69) is 64.5 Å². The number of ketones is 1. The zero-order chi connectivity index (χ0) is 43.5. The van der Waals surface area contributed by atoms with E-state index in [4.69, 9.17) is 0 Å². The average Bonchev–Trinajstić information content (AvgIpc) is 3.61. The minimum absolute atomic E-state index is 0.0343. The second-order valence-corrected chi connectivity index (χ2v) is 19.1. The maximum atomic E-state index is 14.3. The lowest BCUT2D eigenvalue weighted by Crippen LogP contribution is -2.34. The van der Waals surface area contributed by atoms with Crippen molar-refractivity contribution in [2.45, 2.75) is 280 Å². The van der Waals surface area contributed by atoms with Crippen LogP contribution in [0.4, 0.5) is 0 Å². The minimum atomic E-state index is -0.0343. The monoisotopic (exact) mass is 829 g/mol. The molecule has 0 unspecified atom stereocenters. The first-order valence-corrected chi connectivity index (χ1v) is 26.5. The van der Waals surface area contributed by atoms with Crippen LogP contribution in [0, 0.1) is 13.8 Å². The van der Waals surface area contributed by atoms with Gasteiger partial charge in [-0.2, -0.15) is 4.58 Å². The highest BCUT2D eigenvalue weighted by Gasteiger charge is 2.42. The van der Waals surface area contributed by atoms with Gasteiger partial charge >= 0.3 is 0 Å². The molecule has 3 rings (SSSR count). The van der Waals surface area contributed by atoms with Crippen LogP contribution < -0.4 is 5.11 Å². The number of hydrogen-bond donors (Lipinski definition) is 0. The van der Waals surface area contributed by atoms with Crippen LogP contribution in [0.25, 0.3) is 5.57 Å². The van der Waals surface area contributed by atoms with Crippen molar-refractivity contribution < 1.29 is 14.5 Å². The summed E-state index contributed by atoms with van der Waals surface area (Å²) in [5.41, 5.74) is 10.0. The second-order valence-electron chi connectivity index (χ2n) is 19.1. The average molecular weight is 829 g/mol. The SMILES string of the molecule is CCCCCCCCCCCCCCCCCCn1c(C)c(CC)c(C)c1C1=C([O-])/C(=C2\C(C)=C(CC)C(C)=[N+]2CCCCCCCCCCCCCCCCCC)C1=O. The Morgan fingerprint density at radius 3 is 1.23 bits per heavy atom. The summed E-state index contributed by atoms with van der Waals surface area (Å²) in [6.07, 6.45) is 45.3. The molecule has 0 radical (unpaired) electrons. The Balaban J connectivity index is 1.49. The van der Waals surface area contributed by atoms with E-state index in [-0.39, 0.29) is 11.5 Å². The fraction of sp³-hybridized carbons (Fsp3) is 0.786. The van der Waals surface area contributed by atoms with Crippen LogP contribution in [0.5, 0.6) is 0 Å². The van der Waals surface area contributed by atoms with Gasteiger partial charge in [-0.05, 0) is 57.6 Å². The molecule has 0 bridgehead atoms. The zero-order valence-corrected chi connectivity index (χ0v) is 41.2. The minimum Gasteiger partial charge on any atom is -0.871 e. The van der Waals surface area contributed by atoms with E-state index in [9.17, 15) is 9.90 Å². The van der Waals surface area contributed by atoms with Gasteiger partial charge in [0.15, 0.2) is 5.71 Å². The van der Waals surface area contributed by atoms with Crippen molar-refractivity contribution in [3.63, 3.8) is 0 Å². The molecule has 342 valence electrons. The summed E-state index contributed by atoms with van der Waals surface area (Å²) in [4.78, 5) is 14.3. The third-order valence-electron chi connectivity index (χ3n) is 14.4. The van der Waals surface area contributed by atoms with Crippen LogP contribution >= 0.6 is 0 Å². The molecule has 2 heterocycles. The molecule has 60 heavy (non-hydrogen) atoms. The molecule has 0 saturated heterocycles. The van der Waals surface area contributed by atoms with Gasteiger partial charge in [-0.3, -0.25) is 4.79 Å². The Hall–Kier alpha value is -2.36. The molecular formula is C56H96N2O2. The molecule has 0 fully saturated rings. The van der Waals surface area contributed by atoms with Crippen LogP contribution in [0.2, 0.25) is 0 Å². The molecule has 1 aromatic rings. The molecule has 1 aliphatic heterocycles. The maximum Gasteiger partial charge on any atom is 0.219 e. The van der Waals surface area contributed by atoms with E-state index < -0.39 is 0 Å². The molecule has 1 aliphatic carbocycles. The van der Waals surface area contributed by atoms with Gasteiger partial charge in [0.05, 0.1) is 11.3 Å². The van der Waals surface area contributed by atoms with Gasteiger partial charge in [-0.1, -0.05) is 220 Å². The molecule has 4 nitrogen and oxygen atoms in total. The highest BCUT2D eigenvalue weighted by molar-refractivity contribution is 6.39. The van der Waals surface area contributed by atoms with Crippen molar-refractivity contribution in [2.24, 2.45) is 0 Å². The van der Waals surface area contributed by atoms with E-state index in [0.29, 0.717) is 11.1 Å². The molecular weight excluding hydrogens is 733 g/mol. The number of nitrogens with zero attached hydrogens (tertiary/aromatic N) is 2. The summed E-state index contributed by atoms with van der Waals surface area (Å²) in [5.74, 6) is -0.0686. The predicted octanol–water partition coefficient (Wildman–Crippen LogP) is 16.3. The molecule has 0 saturated carbocycles. The van der Waals surface area contributed by atoms with Gasteiger partial charge < -0.3 is 9.67 Å². The Labute approximate surface area is 372 Å².